The highest BCUT2D eigenvalue weighted by molar-refractivity contribution is 6.30. The first-order valence-corrected chi connectivity index (χ1v) is 5.74. The van der Waals surface area contributed by atoms with Crippen LogP contribution < -0.4 is 10.6 Å². The molecule has 0 fully saturated rings. The lowest BCUT2D eigenvalue weighted by molar-refractivity contribution is 1.11. The van der Waals surface area contributed by atoms with E-state index in [2.05, 4.69) is 20.6 Å². The van der Waals surface area contributed by atoms with Gasteiger partial charge >= 0.3 is 0 Å². The van der Waals surface area contributed by atoms with Gasteiger partial charge in [-0.05, 0) is 31.2 Å². The summed E-state index contributed by atoms with van der Waals surface area (Å²) in [4.78, 5) is 8.25. The minimum atomic E-state index is 0.714. The van der Waals surface area contributed by atoms with Crippen LogP contribution in [0.15, 0.2) is 36.7 Å². The molecule has 1 aromatic carbocycles. The lowest BCUT2D eigenvalue weighted by Crippen LogP contribution is -2.01. The topological polar surface area (TPSA) is 49.8 Å². The molecule has 0 unspecified atom stereocenters. The summed E-state index contributed by atoms with van der Waals surface area (Å²) in [7, 11) is 0. The molecule has 4 nitrogen and oxygen atoms in total. The predicted octanol–water partition coefficient (Wildman–Crippen LogP) is 3.31. The predicted molar refractivity (Wildman–Crippen MR) is 70.9 cm³/mol. The van der Waals surface area contributed by atoms with Crippen LogP contribution in [0.25, 0.3) is 0 Å². The zero-order valence-corrected chi connectivity index (χ0v) is 10.2. The second kappa shape index (κ2) is 5.50. The Bertz CT molecular complexity index is 484. The second-order valence-electron chi connectivity index (χ2n) is 3.45. The molecular weight excluding hydrogens is 236 g/mol. The van der Waals surface area contributed by atoms with Gasteiger partial charge in [0.25, 0.3) is 0 Å². The van der Waals surface area contributed by atoms with E-state index in [9.17, 15) is 0 Å². The third-order valence-electron chi connectivity index (χ3n) is 2.14. The van der Waals surface area contributed by atoms with Crippen LogP contribution in [0.5, 0.6) is 0 Å². The molecule has 0 saturated heterocycles. The van der Waals surface area contributed by atoms with E-state index in [0.29, 0.717) is 5.02 Å². The fourth-order valence-electron chi connectivity index (χ4n) is 1.38. The first kappa shape index (κ1) is 11.7. The Labute approximate surface area is 105 Å². The Morgan fingerprint density at radius 2 is 1.82 bits per heavy atom. The van der Waals surface area contributed by atoms with Crippen LogP contribution in [0.4, 0.5) is 17.3 Å². The van der Waals surface area contributed by atoms with Crippen molar-refractivity contribution in [1.29, 1.82) is 0 Å². The molecule has 2 N–H and O–H groups in total. The van der Waals surface area contributed by atoms with Crippen molar-refractivity contribution in [1.82, 2.24) is 9.97 Å². The monoisotopic (exact) mass is 248 g/mol. The molecule has 5 heteroatoms. The van der Waals surface area contributed by atoms with Gasteiger partial charge in [0.15, 0.2) is 0 Å². The molecule has 0 atom stereocenters. The summed E-state index contributed by atoms with van der Waals surface area (Å²) < 4.78 is 0. The van der Waals surface area contributed by atoms with Crippen LogP contribution in [0.1, 0.15) is 6.92 Å². The van der Waals surface area contributed by atoms with Crippen molar-refractivity contribution in [2.24, 2.45) is 0 Å². The summed E-state index contributed by atoms with van der Waals surface area (Å²) >= 11 is 5.82. The van der Waals surface area contributed by atoms with Crippen molar-refractivity contribution in [2.45, 2.75) is 6.92 Å². The van der Waals surface area contributed by atoms with Crippen LogP contribution in [-0.2, 0) is 0 Å². The normalized spacial score (nSPS) is 10.0. The fraction of sp³-hybridized carbons (Fsp3) is 0.167. The Kier molecular flexibility index (Phi) is 3.77. The van der Waals surface area contributed by atoms with Gasteiger partial charge in [-0.3, -0.25) is 0 Å². The summed E-state index contributed by atoms with van der Waals surface area (Å²) in [5, 5.41) is 7.03. The molecule has 0 spiro atoms. The summed E-state index contributed by atoms with van der Waals surface area (Å²) in [6, 6.07) is 9.32. The lowest BCUT2D eigenvalue weighted by Gasteiger charge is -2.07. The standard InChI is InChI=1S/C12H13ClN4/c1-2-14-11-7-12(16-8-15-11)17-10-5-3-9(13)4-6-10/h3-8H,2H2,1H3,(H2,14,15,16,17). The Morgan fingerprint density at radius 3 is 2.53 bits per heavy atom. The first-order valence-electron chi connectivity index (χ1n) is 5.36. The molecule has 2 rings (SSSR count). The van der Waals surface area contributed by atoms with E-state index >= 15 is 0 Å². The van der Waals surface area contributed by atoms with Crippen molar-refractivity contribution < 1.29 is 0 Å². The smallest absolute Gasteiger partial charge is 0.135 e. The minimum absolute atomic E-state index is 0.714. The number of aromatic nitrogens is 2. The molecular formula is C12H13ClN4. The van der Waals surface area contributed by atoms with E-state index in [1.54, 1.807) is 0 Å². The zero-order valence-electron chi connectivity index (χ0n) is 9.44. The molecule has 0 aliphatic carbocycles. The molecule has 0 saturated carbocycles. The van der Waals surface area contributed by atoms with E-state index in [-0.39, 0.29) is 0 Å². The van der Waals surface area contributed by atoms with Gasteiger partial charge in [-0.2, -0.15) is 0 Å². The van der Waals surface area contributed by atoms with Crippen molar-refractivity contribution >= 4 is 28.9 Å². The summed E-state index contributed by atoms with van der Waals surface area (Å²) in [6.45, 7) is 2.85. The highest BCUT2D eigenvalue weighted by Gasteiger charge is 1.98. The molecule has 1 heterocycles. The quantitative estimate of drug-likeness (QED) is 0.872. The summed E-state index contributed by atoms with van der Waals surface area (Å²) in [6.07, 6.45) is 1.52. The molecule has 1 aromatic heterocycles. The maximum absolute atomic E-state index is 5.82. The van der Waals surface area contributed by atoms with E-state index in [0.717, 1.165) is 23.9 Å². The van der Waals surface area contributed by atoms with Gasteiger partial charge in [-0.1, -0.05) is 11.6 Å². The SMILES string of the molecule is CCNc1cc(Nc2ccc(Cl)cc2)ncn1. The number of nitrogens with one attached hydrogen (secondary N) is 2. The zero-order chi connectivity index (χ0) is 12.1. The molecule has 0 bridgehead atoms. The van der Waals surface area contributed by atoms with Crippen molar-refractivity contribution in [2.75, 3.05) is 17.2 Å². The molecule has 0 aliphatic rings. The van der Waals surface area contributed by atoms with E-state index < -0.39 is 0 Å². The fourth-order valence-corrected chi connectivity index (χ4v) is 1.51. The number of nitrogens with zero attached hydrogens (tertiary/aromatic N) is 2. The first-order chi connectivity index (χ1) is 8.28. The average molecular weight is 249 g/mol. The average Bonchev–Trinajstić information content (AvgIpc) is 2.33. The van der Waals surface area contributed by atoms with Gasteiger partial charge in [0.2, 0.25) is 0 Å². The van der Waals surface area contributed by atoms with E-state index in [1.165, 1.54) is 6.33 Å². The van der Waals surface area contributed by atoms with Crippen molar-refractivity contribution in [3.05, 3.63) is 41.7 Å². The lowest BCUT2D eigenvalue weighted by atomic mass is 10.3. The Morgan fingerprint density at radius 1 is 1.12 bits per heavy atom. The number of halogens is 1. The number of anilines is 3. The second-order valence-corrected chi connectivity index (χ2v) is 3.89. The summed E-state index contributed by atoms with van der Waals surface area (Å²) in [5.41, 5.74) is 0.940. The maximum atomic E-state index is 5.82. The van der Waals surface area contributed by atoms with E-state index in [1.807, 2.05) is 37.3 Å². The maximum Gasteiger partial charge on any atom is 0.135 e. The highest BCUT2D eigenvalue weighted by Crippen LogP contribution is 2.18. The summed E-state index contributed by atoms with van der Waals surface area (Å²) in [5.74, 6) is 1.55. The van der Waals surface area contributed by atoms with Crippen LogP contribution in [0.2, 0.25) is 5.02 Å². The molecule has 0 amide bonds. The molecule has 0 radical (unpaired) electrons. The van der Waals surface area contributed by atoms with Gasteiger partial charge in [-0.15, -0.1) is 0 Å². The molecule has 88 valence electrons. The molecule has 2 aromatic rings. The molecule has 17 heavy (non-hydrogen) atoms. The number of benzene rings is 1. The van der Waals surface area contributed by atoms with Crippen LogP contribution in [-0.4, -0.2) is 16.5 Å². The Balaban J connectivity index is 2.12. The van der Waals surface area contributed by atoms with E-state index in [4.69, 9.17) is 11.6 Å². The minimum Gasteiger partial charge on any atom is -0.370 e. The molecule has 0 aliphatic heterocycles. The third kappa shape index (κ3) is 3.32. The van der Waals surface area contributed by atoms with Crippen LogP contribution in [0.3, 0.4) is 0 Å². The van der Waals surface area contributed by atoms with Crippen molar-refractivity contribution in [3.63, 3.8) is 0 Å². The van der Waals surface area contributed by atoms with Crippen molar-refractivity contribution in [3.8, 4) is 0 Å². The number of rotatable bonds is 4. The Hall–Kier alpha value is -1.81. The number of hydrogen-bond acceptors (Lipinski definition) is 4. The van der Waals surface area contributed by atoms with Crippen LogP contribution >= 0.6 is 11.6 Å². The van der Waals surface area contributed by atoms with Gasteiger partial charge < -0.3 is 10.6 Å². The van der Waals surface area contributed by atoms with Gasteiger partial charge in [0.1, 0.15) is 18.0 Å². The third-order valence-corrected chi connectivity index (χ3v) is 2.39. The largest absolute Gasteiger partial charge is 0.370 e. The van der Waals surface area contributed by atoms with Gasteiger partial charge in [-0.25, -0.2) is 9.97 Å². The highest BCUT2D eigenvalue weighted by atomic mass is 35.5. The number of hydrogen-bond donors (Lipinski definition) is 2. The van der Waals surface area contributed by atoms with Crippen LogP contribution in [0, 0.1) is 0 Å². The van der Waals surface area contributed by atoms with Gasteiger partial charge in [0, 0.05) is 23.3 Å². The van der Waals surface area contributed by atoms with Gasteiger partial charge in [0.05, 0.1) is 0 Å².